The summed E-state index contributed by atoms with van der Waals surface area (Å²) in [5.41, 5.74) is 0.868. The number of halogens is 1. The van der Waals surface area contributed by atoms with Crippen LogP contribution in [-0.4, -0.2) is 20.1 Å². The third-order valence-electron chi connectivity index (χ3n) is 2.91. The molecule has 2 N–H and O–H groups in total. The first-order valence-corrected chi connectivity index (χ1v) is 6.15. The number of aliphatic hydroxyl groups excluding tert-OH is 1. The number of aliphatic hydroxyl groups is 1. The van der Waals surface area contributed by atoms with Crippen LogP contribution in [0.2, 0.25) is 0 Å². The zero-order valence-electron chi connectivity index (χ0n) is 10.7. The number of H-pyrrole nitrogens is 1. The minimum absolute atomic E-state index is 0.0531. The number of pyridine rings is 1. The first-order valence-electron chi connectivity index (χ1n) is 6.15. The number of hydrogen-bond acceptors (Lipinski definition) is 4. The number of fused-ring (bicyclic) bond motifs is 1. The van der Waals surface area contributed by atoms with Crippen LogP contribution in [0.5, 0.6) is 0 Å². The Morgan fingerprint density at radius 3 is 2.76 bits per heavy atom. The van der Waals surface area contributed by atoms with Gasteiger partial charge in [0.15, 0.2) is 5.65 Å². The van der Waals surface area contributed by atoms with Crippen molar-refractivity contribution in [3.63, 3.8) is 0 Å². The number of rotatable bonds is 2. The predicted molar refractivity (Wildman–Crippen MR) is 77.1 cm³/mol. The van der Waals surface area contributed by atoms with Gasteiger partial charge in [0.05, 0.1) is 0 Å². The summed E-state index contributed by atoms with van der Waals surface area (Å²) < 4.78 is 12.8. The molecule has 1 aromatic carbocycles. The number of aromatic amines is 1. The molecule has 0 aliphatic carbocycles. The topological polar surface area (TPSA) is 78.9 Å². The third-order valence-corrected chi connectivity index (χ3v) is 2.91. The van der Waals surface area contributed by atoms with Gasteiger partial charge in [0.25, 0.3) is 5.56 Å². The summed E-state index contributed by atoms with van der Waals surface area (Å²) in [4.78, 5) is 22.6. The van der Waals surface area contributed by atoms with Crippen LogP contribution < -0.4 is 5.56 Å². The fourth-order valence-electron chi connectivity index (χ4n) is 1.87. The molecule has 0 spiro atoms. The van der Waals surface area contributed by atoms with Crippen LogP contribution in [0.1, 0.15) is 11.3 Å². The Hall–Kier alpha value is -3.02. The highest BCUT2D eigenvalue weighted by Gasteiger charge is 2.06. The van der Waals surface area contributed by atoms with Crippen LogP contribution in [0.4, 0.5) is 4.39 Å². The van der Waals surface area contributed by atoms with Crippen LogP contribution in [0.3, 0.4) is 0 Å². The monoisotopic (exact) mass is 283 g/mol. The fourth-order valence-corrected chi connectivity index (χ4v) is 1.87. The van der Waals surface area contributed by atoms with Crippen LogP contribution in [0.25, 0.3) is 23.0 Å². The molecule has 104 valence electrons. The molecular formula is C15H10FN3O2. The molecule has 0 atom stereocenters. The van der Waals surface area contributed by atoms with E-state index in [0.717, 1.165) is 0 Å². The lowest BCUT2D eigenvalue weighted by Gasteiger charge is -2.01. The summed E-state index contributed by atoms with van der Waals surface area (Å²) in [6, 6.07) is 8.67. The zero-order valence-corrected chi connectivity index (χ0v) is 10.7. The number of benzene rings is 1. The van der Waals surface area contributed by atoms with Crippen LogP contribution in [0, 0.1) is 5.82 Å². The van der Waals surface area contributed by atoms with E-state index in [-0.39, 0.29) is 11.5 Å². The fraction of sp³-hybridized carbons (Fsp3) is 0. The van der Waals surface area contributed by atoms with E-state index in [1.165, 1.54) is 30.3 Å². The zero-order chi connectivity index (χ0) is 14.8. The summed E-state index contributed by atoms with van der Waals surface area (Å²) in [5.74, 6) is -0.574. The van der Waals surface area contributed by atoms with E-state index < -0.39 is 11.4 Å². The van der Waals surface area contributed by atoms with Crippen molar-refractivity contribution < 1.29 is 9.50 Å². The van der Waals surface area contributed by atoms with Crippen molar-refractivity contribution in [1.29, 1.82) is 0 Å². The van der Waals surface area contributed by atoms with E-state index in [2.05, 4.69) is 15.0 Å². The largest absolute Gasteiger partial charge is 0.507 e. The van der Waals surface area contributed by atoms with Crippen LogP contribution >= 0.6 is 0 Å². The number of nitrogens with one attached hydrogen (secondary N) is 1. The molecule has 0 aliphatic rings. The van der Waals surface area contributed by atoms with Crippen LogP contribution in [-0.2, 0) is 0 Å². The second kappa shape index (κ2) is 5.16. The van der Waals surface area contributed by atoms with Gasteiger partial charge in [-0.25, -0.2) is 14.4 Å². The molecule has 0 bridgehead atoms. The Bertz CT molecular complexity index is 885. The van der Waals surface area contributed by atoms with Gasteiger partial charge in [0.2, 0.25) is 0 Å². The Kier molecular flexibility index (Phi) is 3.19. The van der Waals surface area contributed by atoms with Gasteiger partial charge in [-0.05, 0) is 36.4 Å². The molecule has 2 aromatic heterocycles. The van der Waals surface area contributed by atoms with E-state index in [1.54, 1.807) is 18.3 Å². The normalized spacial score (nSPS) is 11.8. The molecule has 0 radical (unpaired) electrons. The summed E-state index contributed by atoms with van der Waals surface area (Å²) in [6.45, 7) is 0. The molecule has 0 unspecified atom stereocenters. The summed E-state index contributed by atoms with van der Waals surface area (Å²) in [6.07, 6.45) is 2.78. The molecule has 5 nitrogen and oxygen atoms in total. The lowest BCUT2D eigenvalue weighted by atomic mass is 10.1. The molecule has 0 aliphatic heterocycles. The van der Waals surface area contributed by atoms with Gasteiger partial charge in [-0.2, -0.15) is 0 Å². The molecule has 21 heavy (non-hydrogen) atoms. The molecule has 0 saturated heterocycles. The van der Waals surface area contributed by atoms with Gasteiger partial charge in [0.1, 0.15) is 22.8 Å². The summed E-state index contributed by atoms with van der Waals surface area (Å²) in [7, 11) is 0. The lowest BCUT2D eigenvalue weighted by molar-refractivity contribution is 0.515. The van der Waals surface area contributed by atoms with E-state index in [0.29, 0.717) is 16.7 Å². The Labute approximate surface area is 118 Å². The van der Waals surface area contributed by atoms with Crippen molar-refractivity contribution in [1.82, 2.24) is 15.0 Å². The van der Waals surface area contributed by atoms with E-state index in [1.807, 2.05) is 0 Å². The van der Waals surface area contributed by atoms with E-state index in [4.69, 9.17) is 0 Å². The lowest BCUT2D eigenvalue weighted by Crippen LogP contribution is -2.12. The second-order valence-corrected chi connectivity index (χ2v) is 4.36. The van der Waals surface area contributed by atoms with Crippen molar-refractivity contribution in [3.05, 3.63) is 70.0 Å². The first-order chi connectivity index (χ1) is 10.1. The Morgan fingerprint density at radius 1 is 1.24 bits per heavy atom. The van der Waals surface area contributed by atoms with Crippen molar-refractivity contribution in [2.24, 2.45) is 0 Å². The van der Waals surface area contributed by atoms with Gasteiger partial charge in [-0.1, -0.05) is 0 Å². The maximum atomic E-state index is 12.8. The van der Waals surface area contributed by atoms with Crippen molar-refractivity contribution in [3.8, 4) is 0 Å². The van der Waals surface area contributed by atoms with Gasteiger partial charge in [0, 0.05) is 17.8 Å². The average molecular weight is 283 g/mol. The number of nitrogens with zero attached hydrogens (tertiary/aromatic N) is 2. The van der Waals surface area contributed by atoms with E-state index >= 15 is 0 Å². The van der Waals surface area contributed by atoms with E-state index in [9.17, 15) is 14.3 Å². The molecule has 0 fully saturated rings. The molecule has 0 saturated carbocycles. The standard InChI is InChI=1S/C15H10FN3O2/c16-10-5-3-9(4-6-10)13(20)8-12-15(21)19-14-11(18-12)2-1-7-17-14/h1-8,20H,(H,17,19,21)/b13-8-. The molecule has 2 heterocycles. The summed E-state index contributed by atoms with van der Waals surface area (Å²) >= 11 is 0. The number of hydrogen-bond donors (Lipinski definition) is 2. The highest BCUT2D eigenvalue weighted by molar-refractivity contribution is 5.77. The maximum absolute atomic E-state index is 12.8. The first kappa shape index (κ1) is 13.0. The van der Waals surface area contributed by atoms with Crippen molar-refractivity contribution >= 4 is 23.0 Å². The predicted octanol–water partition coefficient (Wildman–Crippen LogP) is 2.51. The quantitative estimate of drug-likeness (QED) is 0.708. The SMILES string of the molecule is O=c1[nH]c2ncccc2nc1/C=C(\O)c1ccc(F)cc1. The summed E-state index contributed by atoms with van der Waals surface area (Å²) in [5, 5.41) is 9.99. The highest BCUT2D eigenvalue weighted by atomic mass is 19.1. The second-order valence-electron chi connectivity index (χ2n) is 4.36. The minimum Gasteiger partial charge on any atom is -0.507 e. The molecule has 3 aromatic rings. The molecule has 6 heteroatoms. The van der Waals surface area contributed by atoms with Gasteiger partial charge in [-0.15, -0.1) is 0 Å². The minimum atomic E-state index is -0.463. The third kappa shape index (κ3) is 2.64. The Morgan fingerprint density at radius 2 is 2.00 bits per heavy atom. The van der Waals surface area contributed by atoms with Gasteiger partial charge >= 0.3 is 0 Å². The highest BCUT2D eigenvalue weighted by Crippen LogP contribution is 2.14. The maximum Gasteiger partial charge on any atom is 0.275 e. The van der Waals surface area contributed by atoms with Gasteiger partial charge in [-0.3, -0.25) is 4.79 Å². The van der Waals surface area contributed by atoms with Crippen molar-refractivity contribution in [2.75, 3.05) is 0 Å². The molecular weight excluding hydrogens is 273 g/mol. The molecule has 0 amide bonds. The Balaban J connectivity index is 2.07. The number of aromatic nitrogens is 3. The average Bonchev–Trinajstić information content (AvgIpc) is 2.48. The molecule has 3 rings (SSSR count). The van der Waals surface area contributed by atoms with Crippen molar-refractivity contribution in [2.45, 2.75) is 0 Å². The van der Waals surface area contributed by atoms with Crippen LogP contribution in [0.15, 0.2) is 47.4 Å². The van der Waals surface area contributed by atoms with Gasteiger partial charge < -0.3 is 10.1 Å². The smallest absolute Gasteiger partial charge is 0.275 e.